The van der Waals surface area contributed by atoms with Crippen LogP contribution in [0.2, 0.25) is 5.02 Å². The Hall–Kier alpha value is -3.33. The number of rotatable bonds is 4. The van der Waals surface area contributed by atoms with Crippen molar-refractivity contribution >= 4 is 29.2 Å². The molecule has 0 aliphatic carbocycles. The van der Waals surface area contributed by atoms with Gasteiger partial charge in [-0.2, -0.15) is 18.3 Å². The van der Waals surface area contributed by atoms with E-state index < -0.39 is 29.3 Å². The van der Waals surface area contributed by atoms with E-state index in [0.29, 0.717) is 9.70 Å². The highest BCUT2D eigenvalue weighted by Gasteiger charge is 2.40. The van der Waals surface area contributed by atoms with Crippen molar-refractivity contribution in [3.63, 3.8) is 0 Å². The second-order valence-electron chi connectivity index (χ2n) is 5.82. The lowest BCUT2D eigenvalue weighted by atomic mass is 10.1. The molecular formula is C19H13ClF3N3O3. The van der Waals surface area contributed by atoms with E-state index in [-0.39, 0.29) is 16.9 Å². The number of ether oxygens (including phenoxy) is 1. The van der Waals surface area contributed by atoms with E-state index in [1.54, 1.807) is 0 Å². The summed E-state index contributed by atoms with van der Waals surface area (Å²) < 4.78 is 46.3. The molecule has 0 radical (unpaired) electrons. The summed E-state index contributed by atoms with van der Waals surface area (Å²) in [6, 6.07) is 11.2. The monoisotopic (exact) mass is 423 g/mol. The van der Waals surface area contributed by atoms with Crippen LogP contribution < -0.4 is 5.32 Å². The van der Waals surface area contributed by atoms with Gasteiger partial charge in [-0.1, -0.05) is 17.7 Å². The van der Waals surface area contributed by atoms with Crippen LogP contribution >= 0.6 is 11.6 Å². The van der Waals surface area contributed by atoms with Gasteiger partial charge in [-0.25, -0.2) is 9.48 Å². The SMILES string of the molecule is COC(=O)c1cccc(NC(=O)c2cnn(-c3ccc(Cl)cc3)c2C(F)(F)F)c1. The van der Waals surface area contributed by atoms with E-state index in [4.69, 9.17) is 11.6 Å². The smallest absolute Gasteiger partial charge is 0.434 e. The molecular weight excluding hydrogens is 411 g/mol. The lowest BCUT2D eigenvalue weighted by Gasteiger charge is -2.13. The van der Waals surface area contributed by atoms with Crippen LogP contribution in [-0.2, 0) is 10.9 Å². The maximum Gasteiger partial charge on any atom is 0.434 e. The Morgan fingerprint density at radius 1 is 1.14 bits per heavy atom. The van der Waals surface area contributed by atoms with Gasteiger partial charge in [-0.15, -0.1) is 0 Å². The summed E-state index contributed by atoms with van der Waals surface area (Å²) in [4.78, 5) is 24.1. The molecule has 1 N–H and O–H groups in total. The third-order valence-corrected chi connectivity index (χ3v) is 4.15. The lowest BCUT2D eigenvalue weighted by molar-refractivity contribution is -0.143. The molecule has 3 rings (SSSR count). The summed E-state index contributed by atoms with van der Waals surface area (Å²) in [5, 5.41) is 6.41. The van der Waals surface area contributed by atoms with Gasteiger partial charge in [0, 0.05) is 10.7 Å². The third kappa shape index (κ3) is 4.40. The molecule has 0 bridgehead atoms. The van der Waals surface area contributed by atoms with E-state index in [0.717, 1.165) is 6.20 Å². The predicted molar refractivity (Wildman–Crippen MR) is 99.3 cm³/mol. The van der Waals surface area contributed by atoms with Gasteiger partial charge in [0.15, 0.2) is 5.69 Å². The molecule has 29 heavy (non-hydrogen) atoms. The van der Waals surface area contributed by atoms with Crippen LogP contribution in [0, 0.1) is 0 Å². The lowest BCUT2D eigenvalue weighted by Crippen LogP contribution is -2.20. The quantitative estimate of drug-likeness (QED) is 0.623. The zero-order valence-corrected chi connectivity index (χ0v) is 15.6. The molecule has 0 aliphatic rings. The van der Waals surface area contributed by atoms with Gasteiger partial charge in [0.1, 0.15) is 0 Å². The van der Waals surface area contributed by atoms with Crippen molar-refractivity contribution in [2.45, 2.75) is 6.18 Å². The van der Waals surface area contributed by atoms with Gasteiger partial charge in [-0.3, -0.25) is 4.79 Å². The zero-order chi connectivity index (χ0) is 21.2. The molecule has 0 atom stereocenters. The highest BCUT2D eigenvalue weighted by Crippen LogP contribution is 2.34. The van der Waals surface area contributed by atoms with Crippen LogP contribution in [0.5, 0.6) is 0 Å². The minimum atomic E-state index is -4.85. The first-order chi connectivity index (χ1) is 13.7. The number of carbonyl (C=O) groups is 2. The zero-order valence-electron chi connectivity index (χ0n) is 14.8. The van der Waals surface area contributed by atoms with Crippen molar-refractivity contribution in [2.75, 3.05) is 12.4 Å². The Bertz CT molecular complexity index is 1060. The van der Waals surface area contributed by atoms with Crippen molar-refractivity contribution in [1.29, 1.82) is 0 Å². The highest BCUT2D eigenvalue weighted by atomic mass is 35.5. The Morgan fingerprint density at radius 2 is 1.83 bits per heavy atom. The fraction of sp³-hybridized carbons (Fsp3) is 0.105. The number of anilines is 1. The molecule has 10 heteroatoms. The molecule has 0 aliphatic heterocycles. The number of amides is 1. The number of esters is 1. The van der Waals surface area contributed by atoms with Crippen molar-refractivity contribution in [1.82, 2.24) is 9.78 Å². The fourth-order valence-electron chi connectivity index (χ4n) is 2.61. The minimum Gasteiger partial charge on any atom is -0.465 e. The van der Waals surface area contributed by atoms with Crippen LogP contribution in [0.4, 0.5) is 18.9 Å². The summed E-state index contributed by atoms with van der Waals surface area (Å²) >= 11 is 5.77. The summed E-state index contributed by atoms with van der Waals surface area (Å²) in [6.07, 6.45) is -4.02. The number of aromatic nitrogens is 2. The Morgan fingerprint density at radius 3 is 2.45 bits per heavy atom. The van der Waals surface area contributed by atoms with Gasteiger partial charge in [0.25, 0.3) is 5.91 Å². The highest BCUT2D eigenvalue weighted by molar-refractivity contribution is 6.30. The first-order valence-corrected chi connectivity index (χ1v) is 8.49. The molecule has 1 heterocycles. The van der Waals surface area contributed by atoms with Crippen LogP contribution in [0.1, 0.15) is 26.4 Å². The summed E-state index contributed by atoms with van der Waals surface area (Å²) in [7, 11) is 1.19. The van der Waals surface area contributed by atoms with Gasteiger partial charge < -0.3 is 10.1 Å². The van der Waals surface area contributed by atoms with Crippen LogP contribution in [0.3, 0.4) is 0 Å². The van der Waals surface area contributed by atoms with Crippen molar-refractivity contribution in [3.8, 4) is 5.69 Å². The largest absolute Gasteiger partial charge is 0.465 e. The molecule has 3 aromatic rings. The number of nitrogens with one attached hydrogen (secondary N) is 1. The summed E-state index contributed by atoms with van der Waals surface area (Å²) in [6.45, 7) is 0. The molecule has 0 saturated heterocycles. The van der Waals surface area contributed by atoms with Gasteiger partial charge in [0.05, 0.1) is 30.1 Å². The topological polar surface area (TPSA) is 73.2 Å². The standard InChI is InChI=1S/C19H13ClF3N3O3/c1-29-18(28)11-3-2-4-13(9-11)25-17(27)15-10-24-26(16(15)19(21,22)23)14-7-5-12(20)6-8-14/h2-10H,1H3,(H,25,27). The van der Waals surface area contributed by atoms with Gasteiger partial charge in [0.2, 0.25) is 0 Å². The van der Waals surface area contributed by atoms with Crippen LogP contribution in [0.25, 0.3) is 5.69 Å². The van der Waals surface area contributed by atoms with Crippen molar-refractivity contribution < 1.29 is 27.5 Å². The Balaban J connectivity index is 1.97. The van der Waals surface area contributed by atoms with Gasteiger partial charge in [-0.05, 0) is 42.5 Å². The molecule has 6 nitrogen and oxygen atoms in total. The van der Waals surface area contributed by atoms with Crippen LogP contribution in [0.15, 0.2) is 54.7 Å². The molecule has 0 saturated carbocycles. The minimum absolute atomic E-state index is 0.0912. The maximum atomic E-state index is 13.7. The van der Waals surface area contributed by atoms with E-state index in [1.807, 2.05) is 0 Å². The van der Waals surface area contributed by atoms with Crippen molar-refractivity contribution in [3.05, 3.63) is 76.6 Å². The number of alkyl halides is 3. The fourth-order valence-corrected chi connectivity index (χ4v) is 2.73. The van der Waals surface area contributed by atoms with Crippen molar-refractivity contribution in [2.24, 2.45) is 0 Å². The number of benzene rings is 2. The first-order valence-electron chi connectivity index (χ1n) is 8.11. The van der Waals surface area contributed by atoms with E-state index in [2.05, 4.69) is 15.2 Å². The Labute approximate surface area is 167 Å². The molecule has 0 spiro atoms. The molecule has 2 aromatic carbocycles. The molecule has 0 unspecified atom stereocenters. The second-order valence-corrected chi connectivity index (χ2v) is 6.26. The number of nitrogens with zero attached hydrogens (tertiary/aromatic N) is 2. The van der Waals surface area contributed by atoms with Gasteiger partial charge >= 0.3 is 12.1 Å². The average molecular weight is 424 g/mol. The maximum absolute atomic E-state index is 13.7. The van der Waals surface area contributed by atoms with E-state index in [9.17, 15) is 22.8 Å². The molecule has 1 aromatic heterocycles. The molecule has 0 fully saturated rings. The molecule has 150 valence electrons. The number of methoxy groups -OCH3 is 1. The second kappa shape index (κ2) is 7.96. The molecule has 1 amide bonds. The number of hydrogen-bond acceptors (Lipinski definition) is 4. The van der Waals surface area contributed by atoms with E-state index >= 15 is 0 Å². The number of carbonyl (C=O) groups excluding carboxylic acids is 2. The number of hydrogen-bond donors (Lipinski definition) is 1. The predicted octanol–water partition coefficient (Wildman–Crippen LogP) is 4.58. The summed E-state index contributed by atoms with van der Waals surface area (Å²) in [5.74, 6) is -1.67. The van der Waals surface area contributed by atoms with Crippen LogP contribution in [-0.4, -0.2) is 28.8 Å². The number of halogens is 4. The third-order valence-electron chi connectivity index (χ3n) is 3.90. The summed E-state index contributed by atoms with van der Waals surface area (Å²) in [5.41, 5.74) is -1.55. The first kappa shape index (κ1) is 20.4. The average Bonchev–Trinajstić information content (AvgIpc) is 3.14. The normalized spacial score (nSPS) is 11.2. The Kier molecular flexibility index (Phi) is 5.60. The van der Waals surface area contributed by atoms with E-state index in [1.165, 1.54) is 55.6 Å².